The van der Waals surface area contributed by atoms with Crippen LogP contribution in [0.3, 0.4) is 0 Å². The summed E-state index contributed by atoms with van der Waals surface area (Å²) in [7, 11) is 0. The first-order valence-corrected chi connectivity index (χ1v) is 8.05. The van der Waals surface area contributed by atoms with E-state index >= 15 is 0 Å². The Hall–Kier alpha value is -0.230. The Kier molecular flexibility index (Phi) is 3.11. The molecule has 0 radical (unpaired) electrons. The molecule has 5 heteroatoms. The number of nitrogens with zero attached hydrogens (tertiary/aromatic N) is 1. The Labute approximate surface area is 116 Å². The third-order valence-electron chi connectivity index (χ3n) is 3.44. The van der Waals surface area contributed by atoms with Gasteiger partial charge in [0.15, 0.2) is 0 Å². The molecule has 1 aliphatic carbocycles. The summed E-state index contributed by atoms with van der Waals surface area (Å²) in [6, 6.07) is 4.13. The molecular formula is C12H12BrNOS2. The number of halogens is 1. The summed E-state index contributed by atoms with van der Waals surface area (Å²) in [5.41, 5.74) is 1.04. The van der Waals surface area contributed by atoms with E-state index in [9.17, 15) is 5.11 Å². The van der Waals surface area contributed by atoms with Crippen LogP contribution < -0.4 is 0 Å². The number of hydrogen-bond acceptors (Lipinski definition) is 4. The number of aromatic nitrogens is 1. The molecule has 0 unspecified atom stereocenters. The van der Waals surface area contributed by atoms with E-state index in [1.807, 2.05) is 6.07 Å². The normalized spacial score (nSPS) is 18.0. The summed E-state index contributed by atoms with van der Waals surface area (Å²) < 4.78 is 1.13. The Morgan fingerprint density at radius 2 is 2.24 bits per heavy atom. The minimum absolute atomic E-state index is 0.0385. The number of aliphatic hydroxyl groups excluding tert-OH is 1. The maximum atomic E-state index is 9.53. The molecule has 1 N–H and O–H groups in total. The molecule has 1 saturated carbocycles. The number of rotatable bonds is 3. The minimum atomic E-state index is -0.0385. The Balaban J connectivity index is 1.92. The molecule has 90 valence electrons. The van der Waals surface area contributed by atoms with E-state index in [-0.39, 0.29) is 12.0 Å². The molecule has 2 aromatic rings. The van der Waals surface area contributed by atoms with Crippen LogP contribution in [0.15, 0.2) is 21.3 Å². The van der Waals surface area contributed by atoms with Gasteiger partial charge in [0, 0.05) is 10.8 Å². The lowest BCUT2D eigenvalue weighted by Crippen LogP contribution is -2.38. The quantitative estimate of drug-likeness (QED) is 0.921. The Bertz CT molecular complexity index is 525. The van der Waals surface area contributed by atoms with Crippen molar-refractivity contribution in [2.24, 2.45) is 0 Å². The van der Waals surface area contributed by atoms with E-state index in [4.69, 9.17) is 4.98 Å². The second-order valence-corrected chi connectivity index (χ2v) is 7.75. The summed E-state index contributed by atoms with van der Waals surface area (Å²) in [5.74, 6) is 0. The molecule has 0 aliphatic heterocycles. The smallest absolute Gasteiger partial charge is 0.133 e. The Morgan fingerprint density at radius 3 is 2.76 bits per heavy atom. The molecule has 1 fully saturated rings. The van der Waals surface area contributed by atoms with Crippen molar-refractivity contribution in [2.75, 3.05) is 6.61 Å². The van der Waals surface area contributed by atoms with Crippen molar-refractivity contribution >= 4 is 38.6 Å². The van der Waals surface area contributed by atoms with Gasteiger partial charge in [0.05, 0.1) is 21.0 Å². The summed E-state index contributed by atoms with van der Waals surface area (Å²) in [5, 5.41) is 12.7. The van der Waals surface area contributed by atoms with Crippen LogP contribution in [-0.2, 0) is 5.41 Å². The first-order chi connectivity index (χ1) is 8.23. The van der Waals surface area contributed by atoms with Gasteiger partial charge in [-0.05, 0) is 40.9 Å². The van der Waals surface area contributed by atoms with E-state index in [0.29, 0.717) is 0 Å². The van der Waals surface area contributed by atoms with Crippen LogP contribution in [0.2, 0.25) is 0 Å². The highest BCUT2D eigenvalue weighted by atomic mass is 79.9. The number of hydrogen-bond donors (Lipinski definition) is 1. The zero-order valence-corrected chi connectivity index (χ0v) is 12.4. The van der Waals surface area contributed by atoms with Gasteiger partial charge >= 0.3 is 0 Å². The first kappa shape index (κ1) is 11.8. The minimum Gasteiger partial charge on any atom is -0.395 e. The summed E-state index contributed by atoms with van der Waals surface area (Å²) in [6.07, 6.45) is 3.35. The fraction of sp³-hybridized carbons (Fsp3) is 0.417. The van der Waals surface area contributed by atoms with Gasteiger partial charge in [0.1, 0.15) is 5.01 Å². The van der Waals surface area contributed by atoms with Gasteiger partial charge in [0.25, 0.3) is 0 Å². The SMILES string of the molecule is OCC1(c2csc(-c3ccc(Br)s3)n2)CCC1. The van der Waals surface area contributed by atoms with Crippen LogP contribution in [0.4, 0.5) is 0 Å². The highest BCUT2D eigenvalue weighted by molar-refractivity contribution is 9.11. The van der Waals surface area contributed by atoms with E-state index in [1.165, 1.54) is 11.3 Å². The van der Waals surface area contributed by atoms with Gasteiger partial charge in [-0.3, -0.25) is 0 Å². The molecular weight excluding hydrogens is 318 g/mol. The molecule has 17 heavy (non-hydrogen) atoms. The molecule has 2 heterocycles. The topological polar surface area (TPSA) is 33.1 Å². The second kappa shape index (κ2) is 4.46. The van der Waals surface area contributed by atoms with E-state index < -0.39 is 0 Å². The van der Waals surface area contributed by atoms with Crippen LogP contribution in [0.1, 0.15) is 25.0 Å². The van der Waals surface area contributed by atoms with Crippen molar-refractivity contribution in [3.05, 3.63) is 27.0 Å². The summed E-state index contributed by atoms with van der Waals surface area (Å²) in [6.45, 7) is 0.226. The lowest BCUT2D eigenvalue weighted by Gasteiger charge is -2.38. The maximum absolute atomic E-state index is 9.53. The van der Waals surface area contributed by atoms with Crippen molar-refractivity contribution < 1.29 is 5.11 Å². The number of aliphatic hydroxyl groups is 1. The second-order valence-electron chi connectivity index (χ2n) is 4.43. The average Bonchev–Trinajstić information content (AvgIpc) is 2.86. The molecule has 1 aliphatic rings. The van der Waals surface area contributed by atoms with Crippen LogP contribution in [0.5, 0.6) is 0 Å². The number of thiophene rings is 1. The summed E-state index contributed by atoms with van der Waals surface area (Å²) >= 11 is 6.84. The Morgan fingerprint density at radius 1 is 1.41 bits per heavy atom. The molecule has 2 nitrogen and oxygen atoms in total. The predicted molar refractivity (Wildman–Crippen MR) is 75.7 cm³/mol. The number of thiazole rings is 1. The van der Waals surface area contributed by atoms with Crippen molar-refractivity contribution in [1.29, 1.82) is 0 Å². The molecule has 0 amide bonds. The van der Waals surface area contributed by atoms with Crippen LogP contribution >= 0.6 is 38.6 Å². The highest BCUT2D eigenvalue weighted by Gasteiger charge is 2.40. The van der Waals surface area contributed by atoms with Crippen molar-refractivity contribution in [3.63, 3.8) is 0 Å². The zero-order valence-electron chi connectivity index (χ0n) is 9.15. The molecule has 3 rings (SSSR count). The predicted octanol–water partition coefficient (Wildman–Crippen LogP) is 4.05. The summed E-state index contributed by atoms with van der Waals surface area (Å²) in [4.78, 5) is 5.90. The molecule has 0 saturated heterocycles. The van der Waals surface area contributed by atoms with Crippen molar-refractivity contribution in [2.45, 2.75) is 24.7 Å². The van der Waals surface area contributed by atoms with Gasteiger partial charge < -0.3 is 5.11 Å². The largest absolute Gasteiger partial charge is 0.395 e. The molecule has 2 aromatic heterocycles. The van der Waals surface area contributed by atoms with Gasteiger partial charge in [-0.25, -0.2) is 4.98 Å². The third-order valence-corrected chi connectivity index (χ3v) is 6.08. The average molecular weight is 330 g/mol. The first-order valence-electron chi connectivity index (χ1n) is 5.56. The molecule has 0 spiro atoms. The molecule has 0 bridgehead atoms. The lowest BCUT2D eigenvalue weighted by atomic mass is 9.67. The van der Waals surface area contributed by atoms with Gasteiger partial charge in [0.2, 0.25) is 0 Å². The van der Waals surface area contributed by atoms with Crippen LogP contribution in [0.25, 0.3) is 9.88 Å². The monoisotopic (exact) mass is 329 g/mol. The van der Waals surface area contributed by atoms with E-state index in [1.54, 1.807) is 22.7 Å². The highest BCUT2D eigenvalue weighted by Crippen LogP contribution is 2.45. The van der Waals surface area contributed by atoms with Crippen molar-refractivity contribution in [3.8, 4) is 9.88 Å². The van der Waals surface area contributed by atoms with Gasteiger partial charge in [-0.2, -0.15) is 0 Å². The lowest BCUT2D eigenvalue weighted by molar-refractivity contribution is 0.117. The third kappa shape index (κ3) is 1.99. The van der Waals surface area contributed by atoms with Crippen LogP contribution in [0, 0.1) is 0 Å². The van der Waals surface area contributed by atoms with E-state index in [2.05, 4.69) is 27.4 Å². The fourth-order valence-electron chi connectivity index (χ4n) is 2.16. The molecule has 0 atom stereocenters. The van der Waals surface area contributed by atoms with E-state index in [0.717, 1.165) is 27.3 Å². The van der Waals surface area contributed by atoms with Gasteiger partial charge in [-0.1, -0.05) is 6.42 Å². The fourth-order valence-corrected chi connectivity index (χ4v) is 4.56. The maximum Gasteiger partial charge on any atom is 0.133 e. The molecule has 0 aromatic carbocycles. The van der Waals surface area contributed by atoms with Crippen LogP contribution in [-0.4, -0.2) is 16.7 Å². The van der Waals surface area contributed by atoms with Gasteiger partial charge in [-0.15, -0.1) is 22.7 Å². The standard InChI is InChI=1S/C12H12BrNOS2/c13-10-3-2-8(17-10)11-14-9(6-16-11)12(7-15)4-1-5-12/h2-3,6,15H,1,4-5,7H2. The van der Waals surface area contributed by atoms with Crippen molar-refractivity contribution in [1.82, 2.24) is 4.98 Å². The zero-order chi connectivity index (χ0) is 11.9.